The van der Waals surface area contributed by atoms with Crippen molar-refractivity contribution in [3.63, 3.8) is 0 Å². The molecule has 180 valence electrons. The van der Waals surface area contributed by atoms with E-state index in [0.29, 0.717) is 42.3 Å². The van der Waals surface area contributed by atoms with Gasteiger partial charge in [-0.1, -0.05) is 42.7 Å². The van der Waals surface area contributed by atoms with Crippen LogP contribution in [0.2, 0.25) is 0 Å². The molecule has 1 saturated heterocycles. The van der Waals surface area contributed by atoms with Crippen LogP contribution in [0.1, 0.15) is 31.0 Å². The molecule has 1 N–H and O–H groups in total. The van der Waals surface area contributed by atoms with E-state index in [2.05, 4.69) is 20.4 Å². The standard InChI is InChI=1S/C27H32N2O5/c1-5-18-34-22-14-8-19(9-15-22)24-23(25(30)20-10-12-21(33-4)13-11-20)26(31)27(32)29(24)17-16-28(6-2)7-3/h5,8-15,24,30H,1,6-7,16-18H2,2-4H3/b25-23+. The summed E-state index contributed by atoms with van der Waals surface area (Å²) in [5.74, 6) is -0.587. The predicted molar refractivity (Wildman–Crippen MR) is 128 cm³/mol. The van der Waals surface area contributed by atoms with Crippen LogP contribution in [-0.4, -0.2) is 56.5 Å². The number of ether oxygens (including phenoxy) is 2. The number of amides is 1. The summed E-state index contributed by atoms with van der Waals surface area (Å²) in [6.45, 7) is 11.1. The van der Waals surface area contributed by atoms with Crippen LogP contribution in [0.25, 0.3) is 5.76 Å². The molecule has 1 atom stereocenters. The van der Waals surface area contributed by atoms with E-state index in [9.17, 15) is 14.7 Å². The average molecular weight is 465 g/mol. The van der Waals surface area contributed by atoms with E-state index in [1.807, 2.05) is 0 Å². The van der Waals surface area contributed by atoms with E-state index in [4.69, 9.17) is 9.47 Å². The smallest absolute Gasteiger partial charge is 0.295 e. The Morgan fingerprint density at radius 1 is 1.06 bits per heavy atom. The monoisotopic (exact) mass is 464 g/mol. The molecule has 0 aromatic heterocycles. The van der Waals surface area contributed by atoms with Crippen LogP contribution in [0.4, 0.5) is 0 Å². The number of likely N-dealkylation sites (tertiary alicyclic amines) is 1. The van der Waals surface area contributed by atoms with Gasteiger partial charge < -0.3 is 24.4 Å². The molecule has 1 aliphatic heterocycles. The van der Waals surface area contributed by atoms with Gasteiger partial charge in [0.05, 0.1) is 39.3 Å². The molecule has 2 aromatic carbocycles. The fourth-order valence-electron chi connectivity index (χ4n) is 4.13. The zero-order valence-electron chi connectivity index (χ0n) is 20.0. The fourth-order valence-corrected chi connectivity index (χ4v) is 4.13. The van der Waals surface area contributed by atoms with Crippen molar-refractivity contribution in [2.75, 3.05) is 39.9 Å². The first-order chi connectivity index (χ1) is 16.4. The Morgan fingerprint density at radius 2 is 1.68 bits per heavy atom. The molecule has 3 rings (SSSR count). The van der Waals surface area contributed by atoms with Crippen LogP contribution in [0.5, 0.6) is 11.5 Å². The first kappa shape index (κ1) is 25.1. The van der Waals surface area contributed by atoms with Crippen molar-refractivity contribution in [3.05, 3.63) is 77.9 Å². The molecule has 7 heteroatoms. The molecular weight excluding hydrogens is 432 g/mol. The highest BCUT2D eigenvalue weighted by atomic mass is 16.5. The van der Waals surface area contributed by atoms with Gasteiger partial charge in [0.15, 0.2) is 0 Å². The van der Waals surface area contributed by atoms with Crippen LogP contribution in [0.15, 0.2) is 66.8 Å². The number of methoxy groups -OCH3 is 1. The number of Topliss-reactive ketones (excluding diaryl/α,β-unsaturated/α-hetero) is 1. The Balaban J connectivity index is 2.05. The van der Waals surface area contributed by atoms with E-state index in [1.54, 1.807) is 61.7 Å². The average Bonchev–Trinajstić information content (AvgIpc) is 3.13. The third kappa shape index (κ3) is 5.31. The van der Waals surface area contributed by atoms with Crippen LogP contribution in [0, 0.1) is 0 Å². The first-order valence-corrected chi connectivity index (χ1v) is 11.5. The third-order valence-corrected chi connectivity index (χ3v) is 6.15. The van der Waals surface area contributed by atoms with E-state index in [-0.39, 0.29) is 5.57 Å². The van der Waals surface area contributed by atoms with Gasteiger partial charge in [-0.3, -0.25) is 9.59 Å². The van der Waals surface area contributed by atoms with Crippen LogP contribution in [0.3, 0.4) is 0 Å². The molecule has 2 aromatic rings. The van der Waals surface area contributed by atoms with Crippen molar-refractivity contribution in [1.82, 2.24) is 4.90 Å². The van der Waals surface area contributed by atoms with Crippen molar-refractivity contribution >= 4 is 17.4 Å². The molecule has 0 radical (unpaired) electrons. The van der Waals surface area contributed by atoms with Crippen LogP contribution in [-0.2, 0) is 9.59 Å². The maximum atomic E-state index is 13.5. The lowest BCUT2D eigenvalue weighted by Gasteiger charge is -2.28. The number of ketones is 1. The van der Waals surface area contributed by atoms with Gasteiger partial charge in [0, 0.05) is 5.57 Å². The second-order valence-corrected chi connectivity index (χ2v) is 8.08. The van der Waals surface area contributed by atoms with Gasteiger partial charge >= 0.3 is 0 Å². The Labute approximate surface area is 200 Å². The van der Waals surface area contributed by atoms with E-state index >= 15 is 0 Å². The highest BCUT2D eigenvalue weighted by Crippen LogP contribution is 2.39. The molecular formula is C27H32N2O5. The lowest BCUT2D eigenvalue weighted by Crippen LogP contribution is -3.12. The summed E-state index contributed by atoms with van der Waals surface area (Å²) in [5.41, 5.74) is 1.00. The van der Waals surface area contributed by atoms with Crippen molar-refractivity contribution in [2.45, 2.75) is 19.9 Å². The molecule has 1 heterocycles. The summed E-state index contributed by atoms with van der Waals surface area (Å²) < 4.78 is 10.7. The minimum absolute atomic E-state index is 0.0236. The summed E-state index contributed by atoms with van der Waals surface area (Å²) >= 11 is 0. The number of likely N-dealkylation sites (N-methyl/N-ethyl adjacent to an activating group) is 1. The number of hydrogen-bond acceptors (Lipinski definition) is 5. The second-order valence-electron chi connectivity index (χ2n) is 8.08. The van der Waals surface area contributed by atoms with Crippen LogP contribution >= 0.6 is 0 Å². The molecule has 0 saturated carbocycles. The van der Waals surface area contributed by atoms with Crippen molar-refractivity contribution in [1.29, 1.82) is 0 Å². The SMILES string of the molecule is C=CCOc1ccc(C2/C(=C(\[O-])c3ccc(OC)cc3)C(=O)C(=O)N2CC[NH+](CC)CC)cc1. The van der Waals surface area contributed by atoms with Gasteiger partial charge in [-0.2, -0.15) is 0 Å². The summed E-state index contributed by atoms with van der Waals surface area (Å²) in [4.78, 5) is 29.0. The van der Waals surface area contributed by atoms with E-state index < -0.39 is 23.5 Å². The van der Waals surface area contributed by atoms with Gasteiger partial charge in [-0.05, 0) is 49.2 Å². The number of benzene rings is 2. The molecule has 0 spiro atoms. The summed E-state index contributed by atoms with van der Waals surface area (Å²) in [6.07, 6.45) is 1.65. The van der Waals surface area contributed by atoms with Crippen molar-refractivity contribution < 1.29 is 29.1 Å². The highest BCUT2D eigenvalue weighted by Gasteiger charge is 2.44. The maximum Gasteiger partial charge on any atom is 0.295 e. The largest absolute Gasteiger partial charge is 0.872 e. The van der Waals surface area contributed by atoms with Gasteiger partial charge in [0.25, 0.3) is 5.91 Å². The molecule has 1 aliphatic rings. The number of quaternary nitrogens is 1. The van der Waals surface area contributed by atoms with Gasteiger partial charge in [-0.25, -0.2) is 0 Å². The van der Waals surface area contributed by atoms with Crippen LogP contribution < -0.4 is 19.5 Å². The minimum atomic E-state index is -0.752. The quantitative estimate of drug-likeness (QED) is 0.235. The lowest BCUT2D eigenvalue weighted by atomic mass is 9.95. The number of carbonyl (C=O) groups is 2. The van der Waals surface area contributed by atoms with Gasteiger partial charge in [0.1, 0.15) is 18.1 Å². The lowest BCUT2D eigenvalue weighted by molar-refractivity contribution is -0.895. The normalized spacial score (nSPS) is 17.3. The van der Waals surface area contributed by atoms with Crippen molar-refractivity contribution in [3.8, 4) is 11.5 Å². The van der Waals surface area contributed by atoms with Gasteiger partial charge in [0.2, 0.25) is 5.78 Å². The highest BCUT2D eigenvalue weighted by molar-refractivity contribution is 6.46. The Kier molecular flexibility index (Phi) is 8.49. The maximum absolute atomic E-state index is 13.5. The minimum Gasteiger partial charge on any atom is -0.872 e. The zero-order chi connectivity index (χ0) is 24.7. The number of rotatable bonds is 11. The number of nitrogens with zero attached hydrogens (tertiary/aromatic N) is 1. The molecule has 7 nitrogen and oxygen atoms in total. The van der Waals surface area contributed by atoms with Gasteiger partial charge in [-0.15, -0.1) is 0 Å². The van der Waals surface area contributed by atoms with E-state index in [1.165, 1.54) is 9.80 Å². The topological polar surface area (TPSA) is 83.3 Å². The molecule has 34 heavy (non-hydrogen) atoms. The second kappa shape index (κ2) is 11.5. The Morgan fingerprint density at radius 3 is 2.24 bits per heavy atom. The summed E-state index contributed by atoms with van der Waals surface area (Å²) in [6, 6.07) is 12.9. The molecule has 0 aliphatic carbocycles. The number of nitrogens with one attached hydrogen (secondary N) is 1. The molecule has 1 unspecified atom stereocenters. The zero-order valence-corrected chi connectivity index (χ0v) is 20.0. The van der Waals surface area contributed by atoms with E-state index in [0.717, 1.165) is 13.1 Å². The molecule has 1 amide bonds. The third-order valence-electron chi connectivity index (χ3n) is 6.15. The fraction of sp³-hybridized carbons (Fsp3) is 0.333. The number of carbonyl (C=O) groups excluding carboxylic acids is 2. The first-order valence-electron chi connectivity index (χ1n) is 11.5. The molecule has 0 bridgehead atoms. The summed E-state index contributed by atoms with van der Waals surface area (Å²) in [7, 11) is 1.54. The van der Waals surface area contributed by atoms with Crippen molar-refractivity contribution in [2.24, 2.45) is 0 Å². The predicted octanol–water partition coefficient (Wildman–Crippen LogP) is 1.41. The Bertz CT molecular complexity index is 1040. The Hall–Kier alpha value is -3.58. The number of hydrogen-bond donors (Lipinski definition) is 1. The molecule has 1 fully saturated rings. The summed E-state index contributed by atoms with van der Waals surface area (Å²) in [5, 5.41) is 13.5.